The Morgan fingerprint density at radius 3 is 2.17 bits per heavy atom. The molecule has 0 bridgehead atoms. The Hall–Kier alpha value is -1.98. The van der Waals surface area contributed by atoms with Gasteiger partial charge in [-0.3, -0.25) is 4.79 Å². The number of aliphatic carboxylic acids is 1. The summed E-state index contributed by atoms with van der Waals surface area (Å²) in [6.07, 6.45) is -0.231. The summed E-state index contributed by atoms with van der Waals surface area (Å²) in [5.74, 6) is -4.73. The Balaban J connectivity index is 3.17. The third kappa shape index (κ3) is 2.82. The molecule has 0 aliphatic heterocycles. The lowest BCUT2D eigenvalue weighted by Crippen LogP contribution is -2.26. The summed E-state index contributed by atoms with van der Waals surface area (Å²) < 4.78 is 26.9. The Morgan fingerprint density at radius 2 is 1.72 bits per heavy atom. The van der Waals surface area contributed by atoms with Crippen LogP contribution in [0.3, 0.4) is 0 Å². The molecule has 0 heterocycles. The van der Waals surface area contributed by atoms with E-state index < -0.39 is 34.6 Å². The van der Waals surface area contributed by atoms with Gasteiger partial charge in [0.15, 0.2) is 0 Å². The smallest absolute Gasteiger partial charge is 0.338 e. The highest BCUT2D eigenvalue weighted by Crippen LogP contribution is 2.25. The average molecular weight is 258 g/mol. The SMILES string of the molecule is CC(C)(Cc1cc(F)c(C(=O)O)cc1F)C(=O)O. The molecule has 0 radical (unpaired) electrons. The van der Waals surface area contributed by atoms with E-state index in [0.717, 1.165) is 6.07 Å². The maximum atomic E-state index is 13.6. The molecule has 98 valence electrons. The summed E-state index contributed by atoms with van der Waals surface area (Å²) in [5.41, 5.74) is -2.20. The molecule has 0 saturated heterocycles. The van der Waals surface area contributed by atoms with Gasteiger partial charge in [-0.25, -0.2) is 13.6 Å². The lowest BCUT2D eigenvalue weighted by atomic mass is 9.85. The number of hydrogen-bond donors (Lipinski definition) is 2. The van der Waals surface area contributed by atoms with Gasteiger partial charge < -0.3 is 10.2 Å². The molecular weight excluding hydrogens is 246 g/mol. The summed E-state index contributed by atoms with van der Waals surface area (Å²) in [6.45, 7) is 2.75. The van der Waals surface area contributed by atoms with Crippen LogP contribution in [0.5, 0.6) is 0 Å². The lowest BCUT2D eigenvalue weighted by molar-refractivity contribution is -0.146. The molecule has 1 rings (SSSR count). The minimum atomic E-state index is -1.57. The molecule has 0 aromatic heterocycles. The van der Waals surface area contributed by atoms with Gasteiger partial charge in [-0.2, -0.15) is 0 Å². The van der Waals surface area contributed by atoms with Gasteiger partial charge in [-0.1, -0.05) is 0 Å². The van der Waals surface area contributed by atoms with Crippen LogP contribution in [-0.2, 0) is 11.2 Å². The number of carboxylic acids is 2. The monoisotopic (exact) mass is 258 g/mol. The molecule has 0 amide bonds. The summed E-state index contributed by atoms with van der Waals surface area (Å²) in [4.78, 5) is 21.5. The van der Waals surface area contributed by atoms with Crippen LogP contribution in [0.4, 0.5) is 8.78 Å². The van der Waals surface area contributed by atoms with Crippen molar-refractivity contribution in [1.29, 1.82) is 0 Å². The third-order valence-corrected chi connectivity index (χ3v) is 2.58. The van der Waals surface area contributed by atoms with E-state index in [2.05, 4.69) is 0 Å². The number of aromatic carboxylic acids is 1. The molecule has 0 aliphatic carbocycles. The van der Waals surface area contributed by atoms with E-state index in [1.54, 1.807) is 0 Å². The van der Waals surface area contributed by atoms with Crippen LogP contribution in [0.25, 0.3) is 0 Å². The van der Waals surface area contributed by atoms with Gasteiger partial charge in [-0.15, -0.1) is 0 Å². The fraction of sp³-hybridized carbons (Fsp3) is 0.333. The summed E-state index contributed by atoms with van der Waals surface area (Å²) >= 11 is 0. The highest BCUT2D eigenvalue weighted by atomic mass is 19.1. The lowest BCUT2D eigenvalue weighted by Gasteiger charge is -2.19. The first-order valence-corrected chi connectivity index (χ1v) is 5.10. The van der Waals surface area contributed by atoms with Gasteiger partial charge in [0.2, 0.25) is 0 Å². The average Bonchev–Trinajstić information content (AvgIpc) is 2.21. The highest BCUT2D eigenvalue weighted by Gasteiger charge is 2.29. The quantitative estimate of drug-likeness (QED) is 0.869. The van der Waals surface area contributed by atoms with Crippen LogP contribution in [0.2, 0.25) is 0 Å². The molecule has 6 heteroatoms. The van der Waals surface area contributed by atoms with Crippen molar-refractivity contribution in [3.63, 3.8) is 0 Å². The number of halogens is 2. The first-order valence-electron chi connectivity index (χ1n) is 5.10. The zero-order valence-corrected chi connectivity index (χ0v) is 9.83. The molecule has 1 aromatic carbocycles. The predicted molar refractivity (Wildman–Crippen MR) is 58.4 cm³/mol. The largest absolute Gasteiger partial charge is 0.481 e. The molecule has 1 aromatic rings. The fourth-order valence-electron chi connectivity index (χ4n) is 1.44. The van der Waals surface area contributed by atoms with Gasteiger partial charge in [-0.05, 0) is 38.0 Å². The number of carbonyl (C=O) groups is 2. The summed E-state index contributed by atoms with van der Waals surface area (Å²) in [6, 6.07) is 1.29. The van der Waals surface area contributed by atoms with Crippen molar-refractivity contribution in [3.05, 3.63) is 34.9 Å². The minimum absolute atomic E-state index is 0.162. The fourth-order valence-corrected chi connectivity index (χ4v) is 1.44. The Morgan fingerprint density at radius 1 is 1.17 bits per heavy atom. The Labute approximate surface area is 102 Å². The van der Waals surface area contributed by atoms with E-state index in [-0.39, 0.29) is 12.0 Å². The van der Waals surface area contributed by atoms with E-state index in [0.29, 0.717) is 6.07 Å². The molecule has 2 N–H and O–H groups in total. The number of rotatable bonds is 4. The minimum Gasteiger partial charge on any atom is -0.481 e. The van der Waals surface area contributed by atoms with Crippen molar-refractivity contribution in [1.82, 2.24) is 0 Å². The summed E-state index contributed by atoms with van der Waals surface area (Å²) in [5, 5.41) is 17.5. The molecule has 18 heavy (non-hydrogen) atoms. The van der Waals surface area contributed by atoms with Gasteiger partial charge in [0, 0.05) is 0 Å². The van der Waals surface area contributed by atoms with Crippen LogP contribution in [0.15, 0.2) is 12.1 Å². The first-order chi connectivity index (χ1) is 8.15. The van der Waals surface area contributed by atoms with Crippen molar-refractivity contribution in [2.24, 2.45) is 5.41 Å². The highest BCUT2D eigenvalue weighted by molar-refractivity contribution is 5.88. The van der Waals surface area contributed by atoms with E-state index in [1.165, 1.54) is 13.8 Å². The van der Waals surface area contributed by atoms with Gasteiger partial charge in [0.25, 0.3) is 0 Å². The van der Waals surface area contributed by atoms with Crippen molar-refractivity contribution < 1.29 is 28.6 Å². The molecule has 0 fully saturated rings. The van der Waals surface area contributed by atoms with Crippen molar-refractivity contribution >= 4 is 11.9 Å². The second kappa shape index (κ2) is 4.72. The van der Waals surface area contributed by atoms with Crippen molar-refractivity contribution in [2.75, 3.05) is 0 Å². The van der Waals surface area contributed by atoms with Gasteiger partial charge in [0.05, 0.1) is 11.0 Å². The number of benzene rings is 1. The maximum Gasteiger partial charge on any atom is 0.338 e. The van der Waals surface area contributed by atoms with Gasteiger partial charge in [0.1, 0.15) is 11.6 Å². The third-order valence-electron chi connectivity index (χ3n) is 2.58. The standard InChI is InChI=1S/C12H12F2O4/c1-12(2,11(17)18)5-6-3-9(14)7(10(15)16)4-8(6)13/h3-4H,5H2,1-2H3,(H,15,16)(H,17,18). The normalized spacial score (nSPS) is 11.3. The molecular formula is C12H12F2O4. The molecule has 0 unspecified atom stereocenters. The first kappa shape index (κ1) is 14.1. The molecule has 0 spiro atoms. The molecule has 0 atom stereocenters. The molecule has 4 nitrogen and oxygen atoms in total. The van der Waals surface area contributed by atoms with Crippen molar-refractivity contribution in [2.45, 2.75) is 20.3 Å². The number of hydrogen-bond acceptors (Lipinski definition) is 2. The summed E-state index contributed by atoms with van der Waals surface area (Å²) in [7, 11) is 0. The topological polar surface area (TPSA) is 74.6 Å². The van der Waals surface area contributed by atoms with Crippen LogP contribution >= 0.6 is 0 Å². The second-order valence-electron chi connectivity index (χ2n) is 4.59. The zero-order chi connectivity index (χ0) is 14.1. The predicted octanol–water partition coefficient (Wildman–Crippen LogP) is 2.32. The molecule has 0 aliphatic rings. The molecule has 0 saturated carbocycles. The van der Waals surface area contributed by atoms with Crippen molar-refractivity contribution in [3.8, 4) is 0 Å². The second-order valence-corrected chi connectivity index (χ2v) is 4.59. The van der Waals surface area contributed by atoms with Crippen LogP contribution in [0, 0.1) is 17.0 Å². The van der Waals surface area contributed by atoms with Gasteiger partial charge >= 0.3 is 11.9 Å². The van der Waals surface area contributed by atoms with E-state index in [1.807, 2.05) is 0 Å². The Bertz CT molecular complexity index is 509. The zero-order valence-electron chi connectivity index (χ0n) is 9.83. The van der Waals surface area contributed by atoms with Crippen LogP contribution in [-0.4, -0.2) is 22.2 Å². The maximum absolute atomic E-state index is 13.6. The van der Waals surface area contributed by atoms with Crippen LogP contribution < -0.4 is 0 Å². The number of carboxylic acid groups (broad SMARTS) is 2. The van der Waals surface area contributed by atoms with E-state index in [9.17, 15) is 18.4 Å². The Kier molecular flexibility index (Phi) is 3.69. The van der Waals surface area contributed by atoms with E-state index >= 15 is 0 Å². The van der Waals surface area contributed by atoms with Crippen LogP contribution in [0.1, 0.15) is 29.8 Å². The van der Waals surface area contributed by atoms with E-state index in [4.69, 9.17) is 10.2 Å².